The summed E-state index contributed by atoms with van der Waals surface area (Å²) in [5.41, 5.74) is 0.271. The number of carbonyl (C=O) groups excluding carboxylic acids is 1. The lowest BCUT2D eigenvalue weighted by atomic mass is 10.1. The highest BCUT2D eigenvalue weighted by atomic mass is 32.2. The molecule has 1 aliphatic rings. The number of sulfonamides is 1. The van der Waals surface area contributed by atoms with E-state index in [0.29, 0.717) is 19.8 Å². The van der Waals surface area contributed by atoms with E-state index in [9.17, 15) is 13.2 Å². The van der Waals surface area contributed by atoms with Crippen molar-refractivity contribution in [3.05, 3.63) is 66.1 Å². The van der Waals surface area contributed by atoms with Crippen LogP contribution in [0.15, 0.2) is 58.4 Å². The molecule has 0 bridgehead atoms. The summed E-state index contributed by atoms with van der Waals surface area (Å²) in [6.45, 7) is 8.55. The second kappa shape index (κ2) is 10.0. The van der Waals surface area contributed by atoms with Crippen molar-refractivity contribution in [1.29, 1.82) is 0 Å². The Balaban J connectivity index is 1.72. The van der Waals surface area contributed by atoms with Gasteiger partial charge >= 0.3 is 0 Å². The molecule has 0 spiro atoms. The van der Waals surface area contributed by atoms with Gasteiger partial charge in [0.05, 0.1) is 24.2 Å². The molecule has 1 atom stereocenters. The van der Waals surface area contributed by atoms with Crippen LogP contribution in [0.2, 0.25) is 0 Å². The van der Waals surface area contributed by atoms with Crippen molar-refractivity contribution < 1.29 is 22.4 Å². The SMILES string of the molecule is C=CCNS(=O)(=O)c1cccc(C(=O)NCC(c2ccc(C)o2)N2CCOCC2)c1. The number of nitrogens with zero attached hydrogens (tertiary/aromatic N) is 1. The number of morpholine rings is 1. The largest absolute Gasteiger partial charge is 0.465 e. The highest BCUT2D eigenvalue weighted by Gasteiger charge is 2.26. The average molecular weight is 434 g/mol. The lowest BCUT2D eigenvalue weighted by molar-refractivity contribution is 0.0117. The average Bonchev–Trinajstić information content (AvgIpc) is 3.19. The number of benzene rings is 1. The number of carbonyl (C=O) groups is 1. The Hall–Kier alpha value is -2.46. The van der Waals surface area contributed by atoms with E-state index in [4.69, 9.17) is 9.15 Å². The lowest BCUT2D eigenvalue weighted by Crippen LogP contribution is -2.43. The standard InChI is InChI=1S/C21H27N3O5S/c1-3-9-23-30(26,27)18-6-4-5-17(14-18)21(25)22-15-19(20-8-7-16(2)29-20)24-10-12-28-13-11-24/h3-8,14,19,23H,1,9-13,15H2,2H3,(H,22,25). The number of furan rings is 1. The fourth-order valence-corrected chi connectivity index (χ4v) is 4.32. The van der Waals surface area contributed by atoms with E-state index >= 15 is 0 Å². The van der Waals surface area contributed by atoms with Gasteiger partial charge in [-0.1, -0.05) is 12.1 Å². The minimum Gasteiger partial charge on any atom is -0.465 e. The van der Waals surface area contributed by atoms with E-state index in [2.05, 4.69) is 21.5 Å². The summed E-state index contributed by atoms with van der Waals surface area (Å²) in [6.07, 6.45) is 1.45. The van der Waals surface area contributed by atoms with Gasteiger partial charge in [0.1, 0.15) is 11.5 Å². The monoisotopic (exact) mass is 433 g/mol. The van der Waals surface area contributed by atoms with Crippen LogP contribution in [-0.2, 0) is 14.8 Å². The van der Waals surface area contributed by atoms with Gasteiger partial charge in [-0.2, -0.15) is 0 Å². The van der Waals surface area contributed by atoms with Crippen LogP contribution in [0.25, 0.3) is 0 Å². The first-order valence-corrected chi connectivity index (χ1v) is 11.3. The van der Waals surface area contributed by atoms with Crippen LogP contribution >= 0.6 is 0 Å². The maximum absolute atomic E-state index is 12.7. The molecular formula is C21H27N3O5S. The summed E-state index contributed by atoms with van der Waals surface area (Å²) in [4.78, 5) is 15.0. The molecule has 8 nitrogen and oxygen atoms in total. The van der Waals surface area contributed by atoms with Crippen molar-refractivity contribution >= 4 is 15.9 Å². The molecule has 162 valence electrons. The minimum atomic E-state index is -3.71. The molecule has 0 radical (unpaired) electrons. The molecule has 2 heterocycles. The van der Waals surface area contributed by atoms with Crippen LogP contribution < -0.4 is 10.0 Å². The molecule has 1 saturated heterocycles. The van der Waals surface area contributed by atoms with Crippen LogP contribution in [0.1, 0.15) is 27.9 Å². The Kier molecular flexibility index (Phi) is 7.43. The summed E-state index contributed by atoms with van der Waals surface area (Å²) in [6, 6.07) is 9.63. The number of hydrogen-bond acceptors (Lipinski definition) is 6. The molecule has 1 aromatic carbocycles. The molecule has 1 amide bonds. The van der Waals surface area contributed by atoms with Crippen LogP contribution in [-0.4, -0.2) is 58.6 Å². The smallest absolute Gasteiger partial charge is 0.251 e. The molecule has 2 aromatic rings. The van der Waals surface area contributed by atoms with Crippen LogP contribution in [0.4, 0.5) is 0 Å². The van der Waals surface area contributed by atoms with Crippen molar-refractivity contribution in [2.24, 2.45) is 0 Å². The molecule has 0 aliphatic carbocycles. The first-order valence-electron chi connectivity index (χ1n) is 9.77. The third kappa shape index (κ3) is 5.57. The summed E-state index contributed by atoms with van der Waals surface area (Å²) >= 11 is 0. The fourth-order valence-electron chi connectivity index (χ4n) is 3.28. The summed E-state index contributed by atoms with van der Waals surface area (Å²) in [7, 11) is -3.71. The molecule has 1 fully saturated rings. The van der Waals surface area contributed by atoms with Crippen molar-refractivity contribution in [3.63, 3.8) is 0 Å². The summed E-state index contributed by atoms with van der Waals surface area (Å²) in [5.74, 6) is 1.23. The number of ether oxygens (including phenoxy) is 1. The topological polar surface area (TPSA) is 101 Å². The Morgan fingerprint density at radius 3 is 2.70 bits per heavy atom. The first kappa shape index (κ1) is 22.2. The van der Waals surface area contributed by atoms with E-state index in [1.807, 2.05) is 19.1 Å². The number of hydrogen-bond donors (Lipinski definition) is 2. The molecule has 3 rings (SSSR count). The van der Waals surface area contributed by atoms with Gasteiger partial charge < -0.3 is 14.5 Å². The number of rotatable bonds is 9. The van der Waals surface area contributed by atoms with Crippen molar-refractivity contribution in [3.8, 4) is 0 Å². The second-order valence-corrected chi connectivity index (χ2v) is 8.76. The zero-order valence-corrected chi connectivity index (χ0v) is 17.8. The van der Waals surface area contributed by atoms with Gasteiger partial charge in [0.15, 0.2) is 0 Å². The number of nitrogens with one attached hydrogen (secondary N) is 2. The van der Waals surface area contributed by atoms with E-state index in [-0.39, 0.29) is 29.0 Å². The highest BCUT2D eigenvalue weighted by Crippen LogP contribution is 2.23. The Bertz CT molecular complexity index is 980. The second-order valence-electron chi connectivity index (χ2n) is 6.99. The molecule has 1 unspecified atom stereocenters. The summed E-state index contributed by atoms with van der Waals surface area (Å²) < 4.78 is 38.2. The highest BCUT2D eigenvalue weighted by molar-refractivity contribution is 7.89. The lowest BCUT2D eigenvalue weighted by Gasteiger charge is -2.33. The zero-order chi connectivity index (χ0) is 21.6. The third-order valence-electron chi connectivity index (χ3n) is 4.86. The summed E-state index contributed by atoms with van der Waals surface area (Å²) in [5, 5.41) is 2.91. The molecule has 1 aromatic heterocycles. The predicted octanol–water partition coefficient (Wildman–Crippen LogP) is 1.86. The van der Waals surface area contributed by atoms with Gasteiger partial charge in [-0.05, 0) is 37.3 Å². The van der Waals surface area contributed by atoms with E-state index in [1.165, 1.54) is 18.2 Å². The molecular weight excluding hydrogens is 406 g/mol. The minimum absolute atomic E-state index is 0.0309. The van der Waals surface area contributed by atoms with Crippen LogP contribution in [0.3, 0.4) is 0 Å². The number of aryl methyl sites for hydroxylation is 1. The van der Waals surface area contributed by atoms with Crippen LogP contribution in [0, 0.1) is 6.92 Å². The van der Waals surface area contributed by atoms with Gasteiger partial charge in [0.25, 0.3) is 5.91 Å². The van der Waals surface area contributed by atoms with Crippen molar-refractivity contribution in [2.45, 2.75) is 17.9 Å². The van der Waals surface area contributed by atoms with Gasteiger partial charge in [0.2, 0.25) is 10.0 Å². The van der Waals surface area contributed by atoms with Gasteiger partial charge in [0, 0.05) is 31.7 Å². The maximum Gasteiger partial charge on any atom is 0.251 e. The first-order chi connectivity index (χ1) is 14.4. The van der Waals surface area contributed by atoms with E-state index in [0.717, 1.165) is 24.6 Å². The van der Waals surface area contributed by atoms with Gasteiger partial charge in [-0.25, -0.2) is 13.1 Å². The molecule has 2 N–H and O–H groups in total. The molecule has 1 aliphatic heterocycles. The van der Waals surface area contributed by atoms with E-state index < -0.39 is 10.0 Å². The molecule has 30 heavy (non-hydrogen) atoms. The Morgan fingerprint density at radius 1 is 1.27 bits per heavy atom. The number of amides is 1. The normalized spacial score (nSPS) is 16.2. The predicted molar refractivity (Wildman–Crippen MR) is 113 cm³/mol. The zero-order valence-electron chi connectivity index (χ0n) is 17.0. The van der Waals surface area contributed by atoms with Gasteiger partial charge in [-0.15, -0.1) is 6.58 Å². The molecule has 0 saturated carbocycles. The Morgan fingerprint density at radius 2 is 2.03 bits per heavy atom. The van der Waals surface area contributed by atoms with Crippen molar-refractivity contribution in [2.75, 3.05) is 39.4 Å². The van der Waals surface area contributed by atoms with Crippen LogP contribution in [0.5, 0.6) is 0 Å². The Labute approximate surface area is 176 Å². The third-order valence-corrected chi connectivity index (χ3v) is 6.28. The fraction of sp³-hybridized carbons (Fsp3) is 0.381. The maximum atomic E-state index is 12.7. The van der Waals surface area contributed by atoms with Crippen molar-refractivity contribution in [1.82, 2.24) is 14.9 Å². The molecule has 9 heteroatoms. The van der Waals surface area contributed by atoms with Gasteiger partial charge in [-0.3, -0.25) is 9.69 Å². The van der Waals surface area contributed by atoms with E-state index in [1.54, 1.807) is 12.1 Å². The quantitative estimate of drug-likeness (QED) is 0.586.